The van der Waals surface area contributed by atoms with Crippen molar-refractivity contribution in [3.63, 3.8) is 0 Å². The fourth-order valence-electron chi connectivity index (χ4n) is 3.28. The van der Waals surface area contributed by atoms with E-state index >= 15 is 0 Å². The molecule has 0 fully saturated rings. The second-order valence-corrected chi connectivity index (χ2v) is 7.46. The van der Waals surface area contributed by atoms with Crippen LogP contribution in [-0.2, 0) is 16.1 Å². The number of rotatable bonds is 10. The van der Waals surface area contributed by atoms with Crippen LogP contribution in [0.4, 0.5) is 11.4 Å². The maximum absolute atomic E-state index is 12.7. The molecule has 172 valence electrons. The molecule has 3 rings (SSSR count). The molecule has 0 unspecified atom stereocenters. The number of anilines is 2. The Morgan fingerprint density at radius 2 is 1.71 bits per heavy atom. The smallest absolute Gasteiger partial charge is 0.255 e. The molecule has 2 aromatic carbocycles. The van der Waals surface area contributed by atoms with Crippen LogP contribution in [0.2, 0.25) is 0 Å². The minimum atomic E-state index is -0.257. The summed E-state index contributed by atoms with van der Waals surface area (Å²) in [7, 11) is 0. The third kappa shape index (κ3) is 7.28. The number of hydrogen-bond acceptors (Lipinski definition) is 5. The van der Waals surface area contributed by atoms with Crippen LogP contribution in [0.3, 0.4) is 0 Å². The summed E-state index contributed by atoms with van der Waals surface area (Å²) >= 11 is 0. The first-order valence-corrected chi connectivity index (χ1v) is 10.9. The molecule has 8 nitrogen and oxygen atoms in total. The van der Waals surface area contributed by atoms with Gasteiger partial charge in [-0.2, -0.15) is 5.26 Å². The molecule has 0 atom stereocenters. The molecule has 1 aromatic heterocycles. The summed E-state index contributed by atoms with van der Waals surface area (Å²) in [5.74, 6) is -0.716. The molecule has 3 aromatic rings. The maximum Gasteiger partial charge on any atom is 0.255 e. The summed E-state index contributed by atoms with van der Waals surface area (Å²) in [6.07, 6.45) is 3.38. The number of nitrogens with zero attached hydrogens (tertiary/aromatic N) is 3. The molecule has 0 aliphatic rings. The van der Waals surface area contributed by atoms with Crippen LogP contribution >= 0.6 is 0 Å². The molecular weight excluding hydrogens is 430 g/mol. The number of amides is 3. The fraction of sp³-hybridized carbons (Fsp3) is 0.192. The Kier molecular flexibility index (Phi) is 8.88. The molecule has 34 heavy (non-hydrogen) atoms. The summed E-state index contributed by atoms with van der Waals surface area (Å²) in [6.45, 7) is 0.543. The van der Waals surface area contributed by atoms with Gasteiger partial charge < -0.3 is 15.5 Å². The van der Waals surface area contributed by atoms with Crippen LogP contribution in [-0.4, -0.2) is 29.3 Å². The lowest BCUT2D eigenvalue weighted by atomic mass is 10.1. The van der Waals surface area contributed by atoms with Crippen molar-refractivity contribution in [3.05, 3.63) is 90.3 Å². The second-order valence-electron chi connectivity index (χ2n) is 7.46. The van der Waals surface area contributed by atoms with Gasteiger partial charge in [0.05, 0.1) is 12.5 Å². The number of nitrogens with one attached hydrogen (secondary N) is 2. The van der Waals surface area contributed by atoms with E-state index in [1.807, 2.05) is 30.3 Å². The third-order valence-corrected chi connectivity index (χ3v) is 5.00. The van der Waals surface area contributed by atoms with E-state index < -0.39 is 0 Å². The van der Waals surface area contributed by atoms with E-state index in [0.717, 1.165) is 5.56 Å². The average Bonchev–Trinajstić information content (AvgIpc) is 2.88. The van der Waals surface area contributed by atoms with Gasteiger partial charge in [0.15, 0.2) is 0 Å². The van der Waals surface area contributed by atoms with E-state index in [-0.39, 0.29) is 50.1 Å². The SMILES string of the molecule is N#CCCN(C(=O)CCC(=O)NCc1cccc(NC(=O)c2ccncc2)c1)c1ccccc1. The van der Waals surface area contributed by atoms with Crippen LogP contribution in [0, 0.1) is 11.3 Å². The van der Waals surface area contributed by atoms with Crippen molar-refractivity contribution in [2.24, 2.45) is 0 Å². The summed E-state index contributed by atoms with van der Waals surface area (Å²) < 4.78 is 0. The van der Waals surface area contributed by atoms with E-state index in [9.17, 15) is 14.4 Å². The predicted molar refractivity (Wildman–Crippen MR) is 129 cm³/mol. The van der Waals surface area contributed by atoms with E-state index in [0.29, 0.717) is 16.9 Å². The summed E-state index contributed by atoms with van der Waals surface area (Å²) in [6, 6.07) is 21.6. The molecule has 0 spiro atoms. The number of nitriles is 1. The number of carbonyl (C=O) groups excluding carboxylic acids is 3. The molecular formula is C26H25N5O3. The molecule has 3 amide bonds. The number of carbonyl (C=O) groups is 3. The lowest BCUT2D eigenvalue weighted by Gasteiger charge is -2.21. The van der Waals surface area contributed by atoms with Gasteiger partial charge in [0, 0.05) is 55.3 Å². The first-order chi connectivity index (χ1) is 16.6. The van der Waals surface area contributed by atoms with Gasteiger partial charge in [0.1, 0.15) is 0 Å². The Morgan fingerprint density at radius 1 is 0.941 bits per heavy atom. The molecule has 0 saturated heterocycles. The quantitative estimate of drug-likeness (QED) is 0.484. The molecule has 0 aliphatic carbocycles. The highest BCUT2D eigenvalue weighted by Gasteiger charge is 2.16. The Hall–Kier alpha value is -4.51. The Balaban J connectivity index is 1.50. The largest absolute Gasteiger partial charge is 0.352 e. The lowest BCUT2D eigenvalue weighted by molar-refractivity contribution is -0.125. The highest BCUT2D eigenvalue weighted by Crippen LogP contribution is 2.16. The number of aromatic nitrogens is 1. The van der Waals surface area contributed by atoms with Crippen molar-refractivity contribution in [2.75, 3.05) is 16.8 Å². The number of benzene rings is 2. The summed E-state index contributed by atoms with van der Waals surface area (Å²) in [4.78, 5) is 42.7. The summed E-state index contributed by atoms with van der Waals surface area (Å²) in [5, 5.41) is 14.5. The predicted octanol–water partition coefficient (Wildman–Crippen LogP) is 3.68. The molecule has 0 radical (unpaired) electrons. The maximum atomic E-state index is 12.7. The molecule has 1 heterocycles. The van der Waals surface area contributed by atoms with Gasteiger partial charge in [0.25, 0.3) is 5.91 Å². The van der Waals surface area contributed by atoms with Crippen LogP contribution in [0.25, 0.3) is 0 Å². The van der Waals surface area contributed by atoms with Gasteiger partial charge in [-0.05, 0) is 42.0 Å². The van der Waals surface area contributed by atoms with Crippen molar-refractivity contribution in [2.45, 2.75) is 25.8 Å². The van der Waals surface area contributed by atoms with Gasteiger partial charge in [-0.3, -0.25) is 19.4 Å². The van der Waals surface area contributed by atoms with Crippen LogP contribution in [0.15, 0.2) is 79.1 Å². The molecule has 0 aliphatic heterocycles. The van der Waals surface area contributed by atoms with Gasteiger partial charge in [0.2, 0.25) is 11.8 Å². The lowest BCUT2D eigenvalue weighted by Crippen LogP contribution is -2.33. The average molecular weight is 456 g/mol. The molecule has 0 saturated carbocycles. The van der Waals surface area contributed by atoms with E-state index in [2.05, 4.69) is 15.6 Å². The minimum Gasteiger partial charge on any atom is -0.352 e. The van der Waals surface area contributed by atoms with Crippen LogP contribution < -0.4 is 15.5 Å². The highest BCUT2D eigenvalue weighted by molar-refractivity contribution is 6.04. The van der Waals surface area contributed by atoms with E-state index in [4.69, 9.17) is 5.26 Å². The first kappa shape index (κ1) is 24.1. The third-order valence-electron chi connectivity index (χ3n) is 5.00. The molecule has 2 N–H and O–H groups in total. The van der Waals surface area contributed by atoms with Crippen molar-refractivity contribution in [1.82, 2.24) is 10.3 Å². The molecule has 0 bridgehead atoms. The second kappa shape index (κ2) is 12.5. The van der Waals surface area contributed by atoms with E-state index in [1.54, 1.807) is 54.9 Å². The Bertz CT molecular complexity index is 1160. The van der Waals surface area contributed by atoms with Crippen molar-refractivity contribution < 1.29 is 14.4 Å². The number of para-hydroxylation sites is 1. The normalized spacial score (nSPS) is 10.1. The zero-order chi connectivity index (χ0) is 24.2. The van der Waals surface area contributed by atoms with Crippen molar-refractivity contribution in [3.8, 4) is 6.07 Å². The van der Waals surface area contributed by atoms with E-state index in [1.165, 1.54) is 4.90 Å². The zero-order valence-electron chi connectivity index (χ0n) is 18.6. The van der Waals surface area contributed by atoms with Gasteiger partial charge in [-0.25, -0.2) is 0 Å². The minimum absolute atomic E-state index is 0.0349. The molecule has 8 heteroatoms. The summed E-state index contributed by atoms with van der Waals surface area (Å²) in [5.41, 5.74) is 2.62. The van der Waals surface area contributed by atoms with Crippen LogP contribution in [0.5, 0.6) is 0 Å². The highest BCUT2D eigenvalue weighted by atomic mass is 16.2. The van der Waals surface area contributed by atoms with Gasteiger partial charge in [-0.1, -0.05) is 30.3 Å². The van der Waals surface area contributed by atoms with Crippen molar-refractivity contribution >= 4 is 29.1 Å². The number of pyridine rings is 1. The van der Waals surface area contributed by atoms with Crippen LogP contribution in [0.1, 0.15) is 35.2 Å². The standard InChI is InChI=1S/C26H25N5O3/c27-14-5-17-31(23-8-2-1-3-9-23)25(33)11-10-24(32)29-19-20-6-4-7-22(18-20)30-26(34)21-12-15-28-16-13-21/h1-4,6-9,12-13,15-16,18H,5,10-11,17,19H2,(H,29,32)(H,30,34). The Morgan fingerprint density at radius 3 is 2.44 bits per heavy atom. The van der Waals surface area contributed by atoms with Crippen molar-refractivity contribution in [1.29, 1.82) is 5.26 Å². The fourth-order valence-corrected chi connectivity index (χ4v) is 3.28. The Labute approximate surface area is 198 Å². The monoisotopic (exact) mass is 455 g/mol. The zero-order valence-corrected chi connectivity index (χ0v) is 18.6. The van der Waals surface area contributed by atoms with Gasteiger partial charge >= 0.3 is 0 Å². The van der Waals surface area contributed by atoms with Gasteiger partial charge in [-0.15, -0.1) is 0 Å². The first-order valence-electron chi connectivity index (χ1n) is 10.9. The topological polar surface area (TPSA) is 115 Å². The number of hydrogen-bond donors (Lipinski definition) is 2.